The molecule has 0 bridgehead atoms. The summed E-state index contributed by atoms with van der Waals surface area (Å²) in [5, 5.41) is 0.337. The lowest BCUT2D eigenvalue weighted by Gasteiger charge is -2.06. The highest BCUT2D eigenvalue weighted by molar-refractivity contribution is 6.32. The molecule has 0 atom stereocenters. The van der Waals surface area contributed by atoms with Crippen LogP contribution in [0.1, 0.15) is 16.8 Å². The molecule has 0 unspecified atom stereocenters. The Balaban J connectivity index is 2.62. The first-order valence-corrected chi connectivity index (χ1v) is 4.67. The highest BCUT2D eigenvalue weighted by Gasteiger charge is 2.03. The van der Waals surface area contributed by atoms with Gasteiger partial charge in [-0.25, -0.2) is 0 Å². The second-order valence-electron chi connectivity index (χ2n) is 2.87. The number of aldehydes is 1. The number of benzene rings is 1. The van der Waals surface area contributed by atoms with Crippen LogP contribution in [0.5, 0.6) is 5.75 Å². The van der Waals surface area contributed by atoms with Crippen LogP contribution < -0.4 is 10.5 Å². The molecule has 0 aliphatic heterocycles. The van der Waals surface area contributed by atoms with E-state index < -0.39 is 5.91 Å². The minimum Gasteiger partial charge on any atom is -0.491 e. The summed E-state index contributed by atoms with van der Waals surface area (Å²) < 4.78 is 5.20. The Kier molecular flexibility index (Phi) is 4.12. The van der Waals surface area contributed by atoms with E-state index in [-0.39, 0.29) is 13.0 Å². The van der Waals surface area contributed by atoms with Crippen molar-refractivity contribution in [2.75, 3.05) is 6.61 Å². The molecule has 0 radical (unpaired) electrons. The number of carbonyl (C=O) groups excluding carboxylic acids is 2. The van der Waals surface area contributed by atoms with E-state index in [1.54, 1.807) is 12.1 Å². The third-order valence-corrected chi connectivity index (χ3v) is 1.99. The van der Waals surface area contributed by atoms with Gasteiger partial charge in [0.05, 0.1) is 18.1 Å². The van der Waals surface area contributed by atoms with Crippen molar-refractivity contribution in [1.82, 2.24) is 0 Å². The monoisotopic (exact) mass is 227 g/mol. The van der Waals surface area contributed by atoms with Crippen LogP contribution in [0, 0.1) is 0 Å². The molecule has 1 aromatic rings. The number of carbonyl (C=O) groups is 2. The molecule has 0 fully saturated rings. The lowest BCUT2D eigenvalue weighted by atomic mass is 10.2. The van der Waals surface area contributed by atoms with Crippen molar-refractivity contribution in [2.24, 2.45) is 5.73 Å². The average molecular weight is 228 g/mol. The molecule has 5 heteroatoms. The number of hydrogen-bond acceptors (Lipinski definition) is 3. The molecule has 0 saturated carbocycles. The van der Waals surface area contributed by atoms with Crippen molar-refractivity contribution >= 4 is 23.8 Å². The molecule has 4 nitrogen and oxygen atoms in total. The summed E-state index contributed by atoms with van der Waals surface area (Å²) in [6, 6.07) is 4.65. The van der Waals surface area contributed by atoms with Gasteiger partial charge in [0.1, 0.15) is 12.0 Å². The summed E-state index contributed by atoms with van der Waals surface area (Å²) in [5.74, 6) is -0.000786. The predicted molar refractivity (Wildman–Crippen MR) is 56.1 cm³/mol. The molecule has 0 heterocycles. The smallest absolute Gasteiger partial charge is 0.220 e. The zero-order valence-electron chi connectivity index (χ0n) is 7.90. The van der Waals surface area contributed by atoms with Crippen LogP contribution in [0.2, 0.25) is 5.02 Å². The van der Waals surface area contributed by atoms with Gasteiger partial charge in [0.15, 0.2) is 0 Å². The fraction of sp³-hybridized carbons (Fsp3) is 0.200. The van der Waals surface area contributed by atoms with Crippen molar-refractivity contribution in [3.05, 3.63) is 28.8 Å². The molecule has 1 rings (SSSR count). The van der Waals surface area contributed by atoms with Crippen LogP contribution in [0.25, 0.3) is 0 Å². The summed E-state index contributed by atoms with van der Waals surface area (Å²) in [6.45, 7) is 0.176. The number of nitrogens with two attached hydrogens (primary N) is 1. The topological polar surface area (TPSA) is 69.4 Å². The van der Waals surface area contributed by atoms with Gasteiger partial charge in [-0.15, -0.1) is 0 Å². The maximum absolute atomic E-state index is 10.4. The number of primary amides is 1. The fourth-order valence-electron chi connectivity index (χ4n) is 0.969. The summed E-state index contributed by atoms with van der Waals surface area (Å²) in [4.78, 5) is 20.9. The van der Waals surface area contributed by atoms with Crippen molar-refractivity contribution in [3.8, 4) is 5.75 Å². The van der Waals surface area contributed by atoms with Crippen LogP contribution in [0.4, 0.5) is 0 Å². The summed E-state index contributed by atoms with van der Waals surface area (Å²) >= 11 is 5.82. The first-order valence-electron chi connectivity index (χ1n) is 4.29. The quantitative estimate of drug-likeness (QED) is 0.774. The van der Waals surface area contributed by atoms with Crippen LogP contribution in [0.15, 0.2) is 18.2 Å². The van der Waals surface area contributed by atoms with Crippen LogP contribution in [-0.4, -0.2) is 18.8 Å². The Morgan fingerprint density at radius 3 is 2.80 bits per heavy atom. The van der Waals surface area contributed by atoms with E-state index in [0.29, 0.717) is 22.6 Å². The van der Waals surface area contributed by atoms with Crippen molar-refractivity contribution in [2.45, 2.75) is 6.42 Å². The van der Waals surface area contributed by atoms with Crippen molar-refractivity contribution in [1.29, 1.82) is 0 Å². The molecule has 2 N–H and O–H groups in total. The first-order chi connectivity index (χ1) is 7.13. The highest BCUT2D eigenvalue weighted by atomic mass is 35.5. The molecule has 0 aliphatic rings. The van der Waals surface area contributed by atoms with Crippen LogP contribution in [0.3, 0.4) is 0 Å². The number of halogens is 1. The summed E-state index contributed by atoms with van der Waals surface area (Å²) in [6.07, 6.45) is 0.824. The summed E-state index contributed by atoms with van der Waals surface area (Å²) in [7, 11) is 0. The molecule has 0 aromatic heterocycles. The standard InChI is InChI=1S/C10H10ClNO3/c11-8-5-7(6-13)1-2-9(8)15-4-3-10(12)14/h1-2,5-6H,3-4H2,(H2,12,14). The second kappa shape index (κ2) is 5.36. The second-order valence-corrected chi connectivity index (χ2v) is 3.28. The van der Waals surface area contributed by atoms with Gasteiger partial charge in [-0.05, 0) is 18.2 Å². The van der Waals surface area contributed by atoms with Gasteiger partial charge in [-0.3, -0.25) is 9.59 Å². The lowest BCUT2D eigenvalue weighted by Crippen LogP contribution is -2.14. The third kappa shape index (κ3) is 3.59. The Morgan fingerprint density at radius 1 is 1.53 bits per heavy atom. The van der Waals surface area contributed by atoms with Crippen molar-refractivity contribution in [3.63, 3.8) is 0 Å². The Morgan fingerprint density at radius 2 is 2.27 bits per heavy atom. The first kappa shape index (κ1) is 11.5. The number of amides is 1. The van der Waals surface area contributed by atoms with E-state index in [2.05, 4.69) is 0 Å². The van der Waals surface area contributed by atoms with E-state index in [9.17, 15) is 9.59 Å². The highest BCUT2D eigenvalue weighted by Crippen LogP contribution is 2.24. The normalized spacial score (nSPS) is 9.67. The number of rotatable bonds is 5. The minimum atomic E-state index is -0.435. The third-order valence-electron chi connectivity index (χ3n) is 1.70. The Labute approximate surface area is 92.0 Å². The van der Waals surface area contributed by atoms with Gasteiger partial charge in [-0.1, -0.05) is 11.6 Å². The largest absolute Gasteiger partial charge is 0.491 e. The molecule has 80 valence electrons. The van der Waals surface area contributed by atoms with Crippen LogP contribution in [-0.2, 0) is 4.79 Å². The van der Waals surface area contributed by atoms with E-state index in [1.165, 1.54) is 6.07 Å². The Bertz CT molecular complexity index is 379. The number of ether oxygens (including phenoxy) is 1. The fourth-order valence-corrected chi connectivity index (χ4v) is 1.21. The lowest BCUT2D eigenvalue weighted by molar-refractivity contribution is -0.118. The SMILES string of the molecule is NC(=O)CCOc1ccc(C=O)cc1Cl. The molecule has 15 heavy (non-hydrogen) atoms. The van der Waals surface area contributed by atoms with Crippen molar-refractivity contribution < 1.29 is 14.3 Å². The van der Waals surface area contributed by atoms with Gasteiger partial charge >= 0.3 is 0 Å². The molecule has 0 spiro atoms. The van der Waals surface area contributed by atoms with E-state index in [4.69, 9.17) is 22.1 Å². The molecule has 0 saturated heterocycles. The van der Waals surface area contributed by atoms with Gasteiger partial charge in [0.25, 0.3) is 0 Å². The maximum atomic E-state index is 10.4. The molecular weight excluding hydrogens is 218 g/mol. The predicted octanol–water partition coefficient (Wildman–Crippen LogP) is 1.41. The molecule has 1 amide bonds. The molecular formula is C10H10ClNO3. The number of hydrogen-bond donors (Lipinski definition) is 1. The van der Waals surface area contributed by atoms with Gasteiger partial charge in [-0.2, -0.15) is 0 Å². The maximum Gasteiger partial charge on any atom is 0.220 e. The zero-order chi connectivity index (χ0) is 11.3. The van der Waals surface area contributed by atoms with Gasteiger partial charge in [0.2, 0.25) is 5.91 Å². The minimum absolute atomic E-state index is 0.131. The Hall–Kier alpha value is -1.55. The summed E-state index contributed by atoms with van der Waals surface area (Å²) in [5.41, 5.74) is 5.42. The molecule has 0 aliphatic carbocycles. The van der Waals surface area contributed by atoms with Gasteiger partial charge in [0, 0.05) is 5.56 Å². The average Bonchev–Trinajstić information content (AvgIpc) is 2.20. The van der Waals surface area contributed by atoms with E-state index in [1.807, 2.05) is 0 Å². The van der Waals surface area contributed by atoms with E-state index in [0.717, 1.165) is 0 Å². The van der Waals surface area contributed by atoms with E-state index >= 15 is 0 Å². The molecule has 1 aromatic carbocycles. The zero-order valence-corrected chi connectivity index (χ0v) is 8.66. The van der Waals surface area contributed by atoms with Crippen LogP contribution >= 0.6 is 11.6 Å². The van der Waals surface area contributed by atoms with Gasteiger partial charge < -0.3 is 10.5 Å².